The second kappa shape index (κ2) is 12.0. The van der Waals surface area contributed by atoms with Gasteiger partial charge in [-0.2, -0.15) is 0 Å². The number of allylic oxidation sites excluding steroid dienone is 4. The highest BCUT2D eigenvalue weighted by Crippen LogP contribution is 2.58. The van der Waals surface area contributed by atoms with Crippen LogP contribution in [0.2, 0.25) is 0 Å². The van der Waals surface area contributed by atoms with Crippen LogP contribution < -0.4 is 0 Å². The van der Waals surface area contributed by atoms with Crippen LogP contribution in [0.3, 0.4) is 0 Å². The fourth-order valence-corrected chi connectivity index (χ4v) is 7.07. The number of aliphatic hydroxyl groups excluding tert-OH is 3. The lowest BCUT2D eigenvalue weighted by Gasteiger charge is -2.43. The van der Waals surface area contributed by atoms with Crippen molar-refractivity contribution < 1.29 is 25.2 Å². The standard InChI is InChI=1S/C30H50O5/c1-20(9-6-15-29(3,4)34)24-13-14-25-22(10-7-16-30(24,25)5)11-12-23-19-26(32)28(27(33)21(23)2)35-18-8-17-31/h10-12,20,24-28,31-34H,6-9,13-19H2,1-5H3/b12-11-/t20-,24-,25-,26-,27-,28-,30-/m1/s1. The van der Waals surface area contributed by atoms with E-state index in [4.69, 9.17) is 9.84 Å². The molecule has 0 radical (unpaired) electrons. The first-order valence-corrected chi connectivity index (χ1v) is 13.9. The monoisotopic (exact) mass is 490 g/mol. The van der Waals surface area contributed by atoms with Crippen molar-refractivity contribution in [1.29, 1.82) is 0 Å². The minimum absolute atomic E-state index is 0.0391. The van der Waals surface area contributed by atoms with Gasteiger partial charge in [0.15, 0.2) is 0 Å². The highest BCUT2D eigenvalue weighted by atomic mass is 16.5. The molecule has 4 N–H and O–H groups in total. The zero-order chi connectivity index (χ0) is 25.8. The van der Waals surface area contributed by atoms with Crippen molar-refractivity contribution in [2.24, 2.45) is 23.2 Å². The summed E-state index contributed by atoms with van der Waals surface area (Å²) in [6.45, 7) is 11.0. The third-order valence-electron chi connectivity index (χ3n) is 9.17. The molecule has 0 aliphatic heterocycles. The van der Waals surface area contributed by atoms with Crippen LogP contribution in [0.25, 0.3) is 0 Å². The van der Waals surface area contributed by atoms with Gasteiger partial charge in [-0.15, -0.1) is 0 Å². The Morgan fingerprint density at radius 3 is 2.63 bits per heavy atom. The van der Waals surface area contributed by atoms with Gasteiger partial charge in [-0.05, 0) is 99.2 Å². The molecule has 1 saturated carbocycles. The molecule has 200 valence electrons. The molecule has 0 saturated heterocycles. The average molecular weight is 491 g/mol. The number of aliphatic hydroxyl groups is 4. The van der Waals surface area contributed by atoms with Gasteiger partial charge in [-0.3, -0.25) is 0 Å². The minimum Gasteiger partial charge on any atom is -0.396 e. The largest absolute Gasteiger partial charge is 0.396 e. The molecule has 3 aliphatic carbocycles. The minimum atomic E-state index is -0.830. The van der Waals surface area contributed by atoms with Gasteiger partial charge in [0.1, 0.15) is 12.2 Å². The van der Waals surface area contributed by atoms with Gasteiger partial charge >= 0.3 is 0 Å². The highest BCUT2D eigenvalue weighted by molar-refractivity contribution is 5.38. The maximum atomic E-state index is 10.8. The van der Waals surface area contributed by atoms with Gasteiger partial charge < -0.3 is 25.2 Å². The van der Waals surface area contributed by atoms with E-state index in [1.54, 1.807) is 0 Å². The zero-order valence-electron chi connectivity index (χ0n) is 22.7. The van der Waals surface area contributed by atoms with Crippen LogP contribution in [-0.4, -0.2) is 57.6 Å². The summed E-state index contributed by atoms with van der Waals surface area (Å²) in [7, 11) is 0. The Hall–Kier alpha value is -0.980. The van der Waals surface area contributed by atoms with E-state index in [0.717, 1.165) is 30.4 Å². The Morgan fingerprint density at radius 1 is 1.20 bits per heavy atom. The number of ether oxygens (including phenoxy) is 1. The first-order chi connectivity index (χ1) is 16.5. The smallest absolute Gasteiger partial charge is 0.113 e. The topological polar surface area (TPSA) is 90.2 Å². The van der Waals surface area contributed by atoms with Crippen molar-refractivity contribution in [3.8, 4) is 0 Å². The third-order valence-corrected chi connectivity index (χ3v) is 9.17. The molecule has 0 unspecified atom stereocenters. The molecule has 7 atom stereocenters. The summed E-state index contributed by atoms with van der Waals surface area (Å²) in [6, 6.07) is 0. The molecule has 3 rings (SSSR count). The summed E-state index contributed by atoms with van der Waals surface area (Å²) >= 11 is 0. The van der Waals surface area contributed by atoms with E-state index >= 15 is 0 Å². The number of fused-ring (bicyclic) bond motifs is 1. The van der Waals surface area contributed by atoms with E-state index in [0.29, 0.717) is 42.6 Å². The molecule has 0 aromatic carbocycles. The van der Waals surface area contributed by atoms with Crippen LogP contribution in [-0.2, 0) is 4.74 Å². The molecule has 0 amide bonds. The summed E-state index contributed by atoms with van der Waals surface area (Å²) in [5, 5.41) is 40.4. The van der Waals surface area contributed by atoms with Crippen molar-refractivity contribution in [1.82, 2.24) is 0 Å². The third kappa shape index (κ3) is 6.87. The van der Waals surface area contributed by atoms with Crippen LogP contribution in [0.15, 0.2) is 34.9 Å². The lowest BCUT2D eigenvalue weighted by Crippen LogP contribution is -2.44. The van der Waals surface area contributed by atoms with Crippen molar-refractivity contribution in [2.75, 3.05) is 13.2 Å². The number of hydrogen-bond donors (Lipinski definition) is 4. The first-order valence-electron chi connectivity index (χ1n) is 13.9. The van der Waals surface area contributed by atoms with Crippen molar-refractivity contribution in [3.63, 3.8) is 0 Å². The second-order valence-corrected chi connectivity index (χ2v) is 12.3. The van der Waals surface area contributed by atoms with Gasteiger partial charge in [0.25, 0.3) is 0 Å². The summed E-state index contributed by atoms with van der Waals surface area (Å²) in [4.78, 5) is 0. The fraction of sp³-hybridized carbons (Fsp3) is 0.800. The molecular weight excluding hydrogens is 440 g/mol. The molecule has 0 spiro atoms. The molecule has 3 aliphatic rings. The van der Waals surface area contributed by atoms with Crippen LogP contribution >= 0.6 is 0 Å². The predicted octanol–water partition coefficient (Wildman–Crippen LogP) is 5.08. The average Bonchev–Trinajstić information content (AvgIpc) is 3.14. The second-order valence-electron chi connectivity index (χ2n) is 12.3. The summed E-state index contributed by atoms with van der Waals surface area (Å²) in [6.07, 6.45) is 13.4. The van der Waals surface area contributed by atoms with E-state index in [1.165, 1.54) is 31.3 Å². The molecule has 0 aromatic rings. The number of rotatable bonds is 11. The van der Waals surface area contributed by atoms with Gasteiger partial charge in [0.2, 0.25) is 0 Å². The Balaban J connectivity index is 1.66. The Labute approximate surface area is 213 Å². The van der Waals surface area contributed by atoms with Crippen LogP contribution in [0.4, 0.5) is 0 Å². The van der Waals surface area contributed by atoms with E-state index in [9.17, 15) is 15.3 Å². The lowest BCUT2D eigenvalue weighted by atomic mass is 9.62. The van der Waals surface area contributed by atoms with E-state index in [2.05, 4.69) is 32.1 Å². The molecule has 0 bridgehead atoms. The maximum absolute atomic E-state index is 10.8. The molecule has 1 fully saturated rings. The Bertz CT molecular complexity index is 791. The normalized spacial score (nSPS) is 34.9. The van der Waals surface area contributed by atoms with Crippen LogP contribution in [0, 0.1) is 23.2 Å². The molecule has 0 aromatic heterocycles. The first kappa shape index (κ1) is 28.6. The van der Waals surface area contributed by atoms with Gasteiger partial charge in [-0.1, -0.05) is 44.9 Å². The zero-order valence-corrected chi connectivity index (χ0v) is 22.7. The maximum Gasteiger partial charge on any atom is 0.113 e. The van der Waals surface area contributed by atoms with Crippen molar-refractivity contribution in [2.45, 2.75) is 116 Å². The van der Waals surface area contributed by atoms with Crippen molar-refractivity contribution >= 4 is 0 Å². The SMILES string of the molecule is CC1=C(/C=C\C2=CCC[C@@]3(C)[C@@H]2CC[C@@H]3[C@H](C)CCCC(C)(C)O)C[C@@H](O)[C@@H](OCCCO)[C@@H]1O. The van der Waals surface area contributed by atoms with Crippen molar-refractivity contribution in [3.05, 3.63) is 34.9 Å². The van der Waals surface area contributed by atoms with Gasteiger partial charge in [0, 0.05) is 19.6 Å². The van der Waals surface area contributed by atoms with Crippen LogP contribution in [0.1, 0.15) is 92.4 Å². The molecule has 35 heavy (non-hydrogen) atoms. The van der Waals surface area contributed by atoms with E-state index in [-0.39, 0.29) is 6.61 Å². The Kier molecular flexibility index (Phi) is 9.84. The summed E-state index contributed by atoms with van der Waals surface area (Å²) in [5.74, 6) is 1.93. The van der Waals surface area contributed by atoms with Crippen LogP contribution in [0.5, 0.6) is 0 Å². The van der Waals surface area contributed by atoms with Gasteiger partial charge in [0.05, 0.1) is 11.7 Å². The van der Waals surface area contributed by atoms with E-state index in [1.807, 2.05) is 20.8 Å². The van der Waals surface area contributed by atoms with E-state index < -0.39 is 23.9 Å². The quantitative estimate of drug-likeness (QED) is 0.303. The molecule has 5 heteroatoms. The predicted molar refractivity (Wildman–Crippen MR) is 141 cm³/mol. The molecular formula is C30H50O5. The summed E-state index contributed by atoms with van der Waals surface area (Å²) in [5.41, 5.74) is 3.00. The highest BCUT2D eigenvalue weighted by Gasteiger charge is 2.49. The van der Waals surface area contributed by atoms with Gasteiger partial charge in [-0.25, -0.2) is 0 Å². The molecule has 5 nitrogen and oxygen atoms in total. The summed E-state index contributed by atoms with van der Waals surface area (Å²) < 4.78 is 5.67. The number of hydrogen-bond acceptors (Lipinski definition) is 5. The Morgan fingerprint density at radius 2 is 1.94 bits per heavy atom. The fourth-order valence-electron chi connectivity index (χ4n) is 7.07. The molecule has 0 heterocycles. The lowest BCUT2D eigenvalue weighted by molar-refractivity contribution is -0.0958.